The van der Waals surface area contributed by atoms with Crippen molar-refractivity contribution in [2.45, 2.75) is 26.4 Å². The van der Waals surface area contributed by atoms with Crippen LogP contribution in [0.5, 0.6) is 0 Å². The van der Waals surface area contributed by atoms with Crippen LogP contribution in [0, 0.1) is 0 Å². The number of alkyl carbamates (subject to hydrolysis) is 1. The van der Waals surface area contributed by atoms with E-state index in [-0.39, 0.29) is 25.6 Å². The van der Waals surface area contributed by atoms with E-state index in [9.17, 15) is 14.4 Å². The third-order valence-corrected chi connectivity index (χ3v) is 2.49. The van der Waals surface area contributed by atoms with Gasteiger partial charge in [0.05, 0.1) is 0 Å². The Hall–Kier alpha value is -1.87. The highest BCUT2D eigenvalue weighted by Crippen LogP contribution is 2.06. The van der Waals surface area contributed by atoms with E-state index < -0.39 is 24.3 Å². The van der Waals surface area contributed by atoms with Crippen molar-refractivity contribution >= 4 is 18.0 Å². The molecule has 0 saturated carbocycles. The molecule has 0 aliphatic carbocycles. The van der Waals surface area contributed by atoms with Crippen LogP contribution in [-0.4, -0.2) is 80.0 Å². The minimum Gasteiger partial charge on any atom is -0.480 e. The molecule has 0 unspecified atom stereocenters. The van der Waals surface area contributed by atoms with Gasteiger partial charge in [0.15, 0.2) is 0 Å². The van der Waals surface area contributed by atoms with Gasteiger partial charge in [0.1, 0.15) is 18.8 Å². The van der Waals surface area contributed by atoms with E-state index in [0.29, 0.717) is 13.1 Å². The van der Waals surface area contributed by atoms with Gasteiger partial charge >= 0.3 is 12.1 Å². The van der Waals surface area contributed by atoms with Crippen LogP contribution in [0.1, 0.15) is 20.8 Å². The number of nitrogens with zero attached hydrogens (tertiary/aromatic N) is 1. The molecule has 0 rings (SSSR count). The average molecular weight is 333 g/mol. The summed E-state index contributed by atoms with van der Waals surface area (Å²) in [5, 5.41) is 14.0. The molecule has 23 heavy (non-hydrogen) atoms. The lowest BCUT2D eigenvalue weighted by Gasteiger charge is -2.24. The van der Waals surface area contributed by atoms with Gasteiger partial charge in [0.2, 0.25) is 5.91 Å². The summed E-state index contributed by atoms with van der Waals surface area (Å²) in [5.74, 6) is -1.47. The third-order valence-electron chi connectivity index (χ3n) is 2.49. The highest BCUT2D eigenvalue weighted by atomic mass is 16.6. The highest BCUT2D eigenvalue weighted by molar-refractivity contribution is 5.78. The molecule has 9 heteroatoms. The zero-order chi connectivity index (χ0) is 17.9. The monoisotopic (exact) mass is 333 g/mol. The molecule has 9 nitrogen and oxygen atoms in total. The summed E-state index contributed by atoms with van der Waals surface area (Å²) in [4.78, 5) is 35.3. The number of rotatable bonds is 10. The Morgan fingerprint density at radius 2 is 1.70 bits per heavy atom. The smallest absolute Gasteiger partial charge is 0.407 e. The quantitative estimate of drug-likeness (QED) is 0.500. The number of carboxylic acids is 1. The Labute approximate surface area is 136 Å². The van der Waals surface area contributed by atoms with Crippen LogP contribution in [0.25, 0.3) is 0 Å². The Morgan fingerprint density at radius 3 is 2.22 bits per heavy atom. The summed E-state index contributed by atoms with van der Waals surface area (Å²) in [6.07, 6.45) is -0.555. The van der Waals surface area contributed by atoms with Crippen LogP contribution in [-0.2, 0) is 19.1 Å². The van der Waals surface area contributed by atoms with Gasteiger partial charge in [-0.05, 0) is 27.8 Å². The van der Waals surface area contributed by atoms with Gasteiger partial charge in [-0.3, -0.25) is 4.79 Å². The molecule has 0 aromatic carbocycles. The first kappa shape index (κ1) is 21.1. The van der Waals surface area contributed by atoms with Crippen LogP contribution in [0.3, 0.4) is 0 Å². The van der Waals surface area contributed by atoms with E-state index >= 15 is 0 Å². The Morgan fingerprint density at radius 1 is 1.09 bits per heavy atom. The number of carbonyl (C=O) groups excluding carboxylic acids is 2. The number of hydrogen-bond acceptors (Lipinski definition) is 6. The minimum atomic E-state index is -1.13. The van der Waals surface area contributed by atoms with Crippen molar-refractivity contribution in [3.63, 3.8) is 0 Å². The number of nitrogens with one attached hydrogen (secondary N) is 2. The summed E-state index contributed by atoms with van der Waals surface area (Å²) in [6.45, 7) is 5.92. The zero-order valence-corrected chi connectivity index (χ0v) is 14.2. The zero-order valence-electron chi connectivity index (χ0n) is 14.2. The van der Waals surface area contributed by atoms with Crippen molar-refractivity contribution in [2.75, 3.05) is 46.4 Å². The first-order valence-corrected chi connectivity index (χ1v) is 7.34. The first-order chi connectivity index (χ1) is 10.7. The lowest BCUT2D eigenvalue weighted by Crippen LogP contribution is -2.44. The summed E-state index contributed by atoms with van der Waals surface area (Å²) in [6, 6.07) is 0. The van der Waals surface area contributed by atoms with Crippen LogP contribution in [0.15, 0.2) is 0 Å². The second kappa shape index (κ2) is 10.8. The number of amides is 2. The van der Waals surface area contributed by atoms with Crippen molar-refractivity contribution in [1.82, 2.24) is 15.5 Å². The fourth-order valence-electron chi connectivity index (χ4n) is 1.53. The van der Waals surface area contributed by atoms with Gasteiger partial charge in [-0.15, -0.1) is 0 Å². The highest BCUT2D eigenvalue weighted by Gasteiger charge is 2.17. The molecular formula is C14H27N3O6. The standard InChI is InChI=1S/C14H27N3O6/c1-14(2,3)23-13(21)16-6-8-17(7-5-15-4)11(18)9-22-10-12(19)20/h15H,5-10H2,1-4H3,(H,16,21)(H,19,20). The van der Waals surface area contributed by atoms with Crippen molar-refractivity contribution < 1.29 is 29.0 Å². The van der Waals surface area contributed by atoms with E-state index in [4.69, 9.17) is 14.6 Å². The number of aliphatic carboxylic acids is 1. The number of likely N-dealkylation sites (N-methyl/N-ethyl adjacent to an activating group) is 1. The van der Waals surface area contributed by atoms with E-state index in [2.05, 4.69) is 10.6 Å². The molecule has 0 fully saturated rings. The maximum absolute atomic E-state index is 12.0. The SMILES string of the molecule is CNCCN(CCNC(=O)OC(C)(C)C)C(=O)COCC(=O)O. The number of carbonyl (C=O) groups is 3. The topological polar surface area (TPSA) is 117 Å². The summed E-state index contributed by atoms with van der Waals surface area (Å²) >= 11 is 0. The second-order valence-corrected chi connectivity index (χ2v) is 5.80. The third kappa shape index (κ3) is 12.4. The van der Waals surface area contributed by atoms with Gasteiger partial charge in [0, 0.05) is 26.2 Å². The van der Waals surface area contributed by atoms with E-state index in [1.807, 2.05) is 0 Å². The van der Waals surface area contributed by atoms with Crippen LogP contribution >= 0.6 is 0 Å². The number of hydrogen-bond donors (Lipinski definition) is 3. The van der Waals surface area contributed by atoms with E-state index in [1.165, 1.54) is 4.90 Å². The molecule has 0 bridgehead atoms. The van der Waals surface area contributed by atoms with Crippen LogP contribution in [0.4, 0.5) is 4.79 Å². The van der Waals surface area contributed by atoms with Gasteiger partial charge < -0.3 is 30.1 Å². The van der Waals surface area contributed by atoms with Gasteiger partial charge in [0.25, 0.3) is 0 Å². The molecule has 0 aromatic heterocycles. The Kier molecular flexibility index (Phi) is 9.91. The molecule has 134 valence electrons. The lowest BCUT2D eigenvalue weighted by molar-refractivity contribution is -0.145. The van der Waals surface area contributed by atoms with Crippen molar-refractivity contribution in [1.29, 1.82) is 0 Å². The number of carboxylic acid groups (broad SMARTS) is 1. The summed E-state index contributed by atoms with van der Waals surface area (Å²) in [7, 11) is 1.75. The maximum atomic E-state index is 12.0. The Bertz CT molecular complexity index is 394. The average Bonchev–Trinajstić information content (AvgIpc) is 2.39. The predicted octanol–water partition coefficient (Wildman–Crippen LogP) is -0.340. The molecule has 0 radical (unpaired) electrons. The summed E-state index contributed by atoms with van der Waals surface area (Å²) < 4.78 is 9.88. The van der Waals surface area contributed by atoms with Crippen molar-refractivity contribution in [2.24, 2.45) is 0 Å². The van der Waals surface area contributed by atoms with E-state index in [0.717, 1.165) is 0 Å². The minimum absolute atomic E-state index is 0.225. The van der Waals surface area contributed by atoms with Gasteiger partial charge in [-0.25, -0.2) is 9.59 Å². The number of ether oxygens (including phenoxy) is 2. The van der Waals surface area contributed by atoms with Gasteiger partial charge in [-0.1, -0.05) is 0 Å². The van der Waals surface area contributed by atoms with E-state index in [1.54, 1.807) is 27.8 Å². The van der Waals surface area contributed by atoms with Crippen molar-refractivity contribution in [3.05, 3.63) is 0 Å². The molecule has 0 heterocycles. The predicted molar refractivity (Wildman–Crippen MR) is 83.2 cm³/mol. The summed E-state index contributed by atoms with van der Waals surface area (Å²) in [5.41, 5.74) is -0.587. The van der Waals surface area contributed by atoms with Crippen molar-refractivity contribution in [3.8, 4) is 0 Å². The molecular weight excluding hydrogens is 306 g/mol. The second-order valence-electron chi connectivity index (χ2n) is 5.80. The van der Waals surface area contributed by atoms with Crippen LogP contribution < -0.4 is 10.6 Å². The normalized spacial score (nSPS) is 11.0. The molecule has 0 aliphatic rings. The molecule has 0 saturated heterocycles. The largest absolute Gasteiger partial charge is 0.480 e. The Balaban J connectivity index is 4.25. The lowest BCUT2D eigenvalue weighted by atomic mass is 10.2. The maximum Gasteiger partial charge on any atom is 0.407 e. The molecule has 3 N–H and O–H groups in total. The van der Waals surface area contributed by atoms with Crippen LogP contribution in [0.2, 0.25) is 0 Å². The molecule has 0 spiro atoms. The molecule has 2 amide bonds. The molecule has 0 aliphatic heterocycles. The fraction of sp³-hybridized carbons (Fsp3) is 0.786. The molecule has 0 atom stereocenters. The fourth-order valence-corrected chi connectivity index (χ4v) is 1.53. The first-order valence-electron chi connectivity index (χ1n) is 7.34. The van der Waals surface area contributed by atoms with Gasteiger partial charge in [-0.2, -0.15) is 0 Å². The molecule has 0 aromatic rings.